The number of benzene rings is 1. The number of aryl methyl sites for hydroxylation is 1. The van der Waals surface area contributed by atoms with Crippen LogP contribution in [0.25, 0.3) is 0 Å². The molecule has 1 aromatic rings. The Hall–Kier alpha value is -0.0900. The maximum absolute atomic E-state index is 2.31. The second kappa shape index (κ2) is 15.4. The molecule has 0 heterocycles. The smallest absolute Gasteiger partial charge is 0.0230 e. The zero-order valence-electron chi connectivity index (χ0n) is 15.7. The van der Waals surface area contributed by atoms with Crippen LogP contribution in [-0.4, -0.2) is 19.0 Å². The first kappa shape index (κ1) is 22.9. The highest BCUT2D eigenvalue weighted by Crippen LogP contribution is 2.16. The van der Waals surface area contributed by atoms with Gasteiger partial charge in [-0.15, -0.1) is 24.0 Å². The van der Waals surface area contributed by atoms with Gasteiger partial charge in [-0.05, 0) is 38.1 Å². The Kier molecular flexibility index (Phi) is 15.4. The molecule has 1 nitrogen and oxygen atoms in total. The minimum atomic E-state index is 0. The van der Waals surface area contributed by atoms with Crippen LogP contribution in [0.15, 0.2) is 24.3 Å². The normalized spacial score (nSPS) is 10.8. The quantitative estimate of drug-likeness (QED) is 0.244. The molecule has 0 aromatic heterocycles. The van der Waals surface area contributed by atoms with Gasteiger partial charge < -0.3 is 4.90 Å². The lowest BCUT2D eigenvalue weighted by atomic mass is 10.00. The molecule has 0 aliphatic rings. The predicted octanol–water partition coefficient (Wildman–Crippen LogP) is 6.83. The summed E-state index contributed by atoms with van der Waals surface area (Å²) in [6, 6.07) is 8.95. The average molecular weight is 431 g/mol. The van der Waals surface area contributed by atoms with E-state index in [2.05, 4.69) is 50.2 Å². The lowest BCUT2D eigenvalue weighted by Crippen LogP contribution is -2.12. The van der Waals surface area contributed by atoms with Crippen LogP contribution >= 0.6 is 24.0 Å². The molecule has 0 saturated carbocycles. The first-order chi connectivity index (χ1) is 10.7. The molecule has 0 aliphatic carbocycles. The van der Waals surface area contributed by atoms with E-state index < -0.39 is 0 Å². The largest absolute Gasteiger partial charge is 0.305 e. The highest BCUT2D eigenvalue weighted by atomic mass is 127. The van der Waals surface area contributed by atoms with Gasteiger partial charge in [-0.1, -0.05) is 89.0 Å². The number of nitrogens with zero attached hydrogens (tertiary/aromatic N) is 1. The maximum atomic E-state index is 2.31. The van der Waals surface area contributed by atoms with E-state index in [1.807, 2.05) is 0 Å². The fourth-order valence-electron chi connectivity index (χ4n) is 3.10. The molecular formula is C21H38IN. The van der Waals surface area contributed by atoms with E-state index in [1.54, 1.807) is 5.56 Å². The molecule has 0 amide bonds. The Bertz CT molecular complexity index is 376. The summed E-state index contributed by atoms with van der Waals surface area (Å²) in [6.45, 7) is 3.35. The van der Waals surface area contributed by atoms with E-state index in [4.69, 9.17) is 0 Å². The molecule has 0 unspecified atom stereocenters. The highest BCUT2D eigenvalue weighted by Gasteiger charge is 2.02. The summed E-state index contributed by atoms with van der Waals surface area (Å²) in [4.78, 5) is 2.26. The van der Waals surface area contributed by atoms with Crippen molar-refractivity contribution in [3.63, 3.8) is 0 Å². The van der Waals surface area contributed by atoms with Crippen LogP contribution in [-0.2, 0) is 13.0 Å². The highest BCUT2D eigenvalue weighted by molar-refractivity contribution is 14.0. The average Bonchev–Trinajstić information content (AvgIpc) is 2.50. The van der Waals surface area contributed by atoms with Gasteiger partial charge in [-0.2, -0.15) is 0 Å². The Morgan fingerprint density at radius 1 is 0.696 bits per heavy atom. The SMILES string of the molecule is CCCCCCCCCCCCc1ccccc1CN(C)C.I. The van der Waals surface area contributed by atoms with E-state index >= 15 is 0 Å². The summed E-state index contributed by atoms with van der Waals surface area (Å²) in [5.74, 6) is 0. The van der Waals surface area contributed by atoms with Gasteiger partial charge in [0, 0.05) is 6.54 Å². The topological polar surface area (TPSA) is 3.24 Å². The van der Waals surface area contributed by atoms with Crippen LogP contribution in [0.1, 0.15) is 82.3 Å². The Morgan fingerprint density at radius 3 is 1.70 bits per heavy atom. The number of unbranched alkanes of at least 4 members (excludes halogenated alkanes) is 9. The van der Waals surface area contributed by atoms with Crippen molar-refractivity contribution in [2.45, 2.75) is 84.1 Å². The molecule has 1 rings (SSSR count). The van der Waals surface area contributed by atoms with Crippen molar-refractivity contribution >= 4 is 24.0 Å². The van der Waals surface area contributed by atoms with Crippen LogP contribution in [0, 0.1) is 0 Å². The van der Waals surface area contributed by atoms with Gasteiger partial charge in [-0.25, -0.2) is 0 Å². The molecular weight excluding hydrogens is 393 g/mol. The van der Waals surface area contributed by atoms with E-state index in [0.29, 0.717) is 0 Å². The van der Waals surface area contributed by atoms with Crippen LogP contribution in [0.5, 0.6) is 0 Å². The van der Waals surface area contributed by atoms with Gasteiger partial charge in [0.15, 0.2) is 0 Å². The lowest BCUT2D eigenvalue weighted by molar-refractivity contribution is 0.400. The fraction of sp³-hybridized carbons (Fsp3) is 0.714. The summed E-state index contributed by atoms with van der Waals surface area (Å²) in [5.41, 5.74) is 3.05. The van der Waals surface area contributed by atoms with Gasteiger partial charge in [0.25, 0.3) is 0 Å². The molecule has 0 atom stereocenters. The van der Waals surface area contributed by atoms with Crippen LogP contribution < -0.4 is 0 Å². The Labute approximate surface area is 162 Å². The maximum Gasteiger partial charge on any atom is 0.0230 e. The van der Waals surface area contributed by atoms with E-state index in [1.165, 1.54) is 76.2 Å². The summed E-state index contributed by atoms with van der Waals surface area (Å²) >= 11 is 0. The van der Waals surface area contributed by atoms with Gasteiger partial charge in [0.1, 0.15) is 0 Å². The number of rotatable bonds is 13. The van der Waals surface area contributed by atoms with Crippen molar-refractivity contribution in [3.8, 4) is 0 Å². The zero-order valence-corrected chi connectivity index (χ0v) is 18.0. The molecule has 0 N–H and O–H groups in total. The minimum absolute atomic E-state index is 0. The Balaban J connectivity index is 0.00000484. The Morgan fingerprint density at radius 2 is 1.17 bits per heavy atom. The second-order valence-corrected chi connectivity index (χ2v) is 6.94. The zero-order chi connectivity index (χ0) is 16.0. The third-order valence-electron chi connectivity index (χ3n) is 4.40. The van der Waals surface area contributed by atoms with E-state index in [-0.39, 0.29) is 24.0 Å². The lowest BCUT2D eigenvalue weighted by Gasteiger charge is -2.14. The number of hydrogen-bond acceptors (Lipinski definition) is 1. The summed E-state index contributed by atoms with van der Waals surface area (Å²) in [5, 5.41) is 0. The van der Waals surface area contributed by atoms with Gasteiger partial charge in [0.05, 0.1) is 0 Å². The summed E-state index contributed by atoms with van der Waals surface area (Å²) in [6.07, 6.45) is 15.4. The molecule has 0 spiro atoms. The number of hydrogen-bond donors (Lipinski definition) is 0. The molecule has 134 valence electrons. The molecule has 0 radical (unpaired) electrons. The summed E-state index contributed by atoms with van der Waals surface area (Å²) < 4.78 is 0. The van der Waals surface area contributed by atoms with Crippen molar-refractivity contribution in [2.75, 3.05) is 14.1 Å². The van der Waals surface area contributed by atoms with Gasteiger partial charge in [0.2, 0.25) is 0 Å². The summed E-state index contributed by atoms with van der Waals surface area (Å²) in [7, 11) is 4.30. The van der Waals surface area contributed by atoms with Crippen LogP contribution in [0.3, 0.4) is 0 Å². The van der Waals surface area contributed by atoms with Gasteiger partial charge >= 0.3 is 0 Å². The van der Waals surface area contributed by atoms with Gasteiger partial charge in [-0.3, -0.25) is 0 Å². The third-order valence-corrected chi connectivity index (χ3v) is 4.40. The van der Waals surface area contributed by atoms with E-state index in [9.17, 15) is 0 Å². The molecule has 0 aliphatic heterocycles. The van der Waals surface area contributed by atoms with Crippen molar-refractivity contribution in [2.24, 2.45) is 0 Å². The van der Waals surface area contributed by atoms with Crippen LogP contribution in [0.2, 0.25) is 0 Å². The molecule has 0 fully saturated rings. The predicted molar refractivity (Wildman–Crippen MR) is 115 cm³/mol. The monoisotopic (exact) mass is 431 g/mol. The van der Waals surface area contributed by atoms with Crippen molar-refractivity contribution in [1.29, 1.82) is 0 Å². The standard InChI is InChI=1S/C21H37N.HI/c1-4-5-6-7-8-9-10-11-12-13-16-20-17-14-15-18-21(20)19-22(2)3;/h14-15,17-18H,4-13,16,19H2,1-3H3;1H. The first-order valence-electron chi connectivity index (χ1n) is 9.45. The fourth-order valence-corrected chi connectivity index (χ4v) is 3.10. The van der Waals surface area contributed by atoms with Crippen LogP contribution in [0.4, 0.5) is 0 Å². The van der Waals surface area contributed by atoms with Crippen molar-refractivity contribution in [3.05, 3.63) is 35.4 Å². The molecule has 2 heteroatoms. The molecule has 0 saturated heterocycles. The minimum Gasteiger partial charge on any atom is -0.305 e. The molecule has 23 heavy (non-hydrogen) atoms. The van der Waals surface area contributed by atoms with E-state index in [0.717, 1.165) is 6.54 Å². The molecule has 1 aromatic carbocycles. The second-order valence-electron chi connectivity index (χ2n) is 6.94. The van der Waals surface area contributed by atoms with Crippen molar-refractivity contribution < 1.29 is 0 Å². The first-order valence-corrected chi connectivity index (χ1v) is 9.45. The molecule has 0 bridgehead atoms. The third kappa shape index (κ3) is 12.0. The number of halogens is 1. The van der Waals surface area contributed by atoms with Crippen molar-refractivity contribution in [1.82, 2.24) is 4.90 Å².